The largest absolute Gasteiger partial charge is 0.492 e. The third-order valence-corrected chi connectivity index (χ3v) is 6.05. The van der Waals surface area contributed by atoms with Crippen molar-refractivity contribution < 1.29 is 9.50 Å². The maximum Gasteiger partial charge on any atom is 0.230 e. The van der Waals surface area contributed by atoms with Crippen LogP contribution >= 0.6 is 11.3 Å². The third-order valence-electron chi connectivity index (χ3n) is 4.98. The fourth-order valence-electron chi connectivity index (χ4n) is 4.15. The molecule has 1 saturated heterocycles. The summed E-state index contributed by atoms with van der Waals surface area (Å²) in [5.74, 6) is 1.58. The van der Waals surface area contributed by atoms with Crippen molar-refractivity contribution in [3.63, 3.8) is 0 Å². The fraction of sp³-hybridized carbons (Fsp3) is 0.474. The number of aromatic nitrogens is 3. The standard InChI is InChI=1S/C19H23FN4OS/c1-11-7-12(2)10-23(9-11)16(14-5-4-6-15(20)8-14)17-18(25)24-19(26-17)21-13(3)22-24/h4-6,8,11-12,16,25H,7,9-10H2,1-3H3/t11-,12-,16+/m0/s1. The number of aromatic hydroxyl groups is 1. The summed E-state index contributed by atoms with van der Waals surface area (Å²) in [5, 5.41) is 15.1. The van der Waals surface area contributed by atoms with Crippen LogP contribution in [0, 0.1) is 24.6 Å². The van der Waals surface area contributed by atoms with E-state index in [2.05, 4.69) is 28.8 Å². The topological polar surface area (TPSA) is 53.7 Å². The lowest BCUT2D eigenvalue weighted by atomic mass is 9.89. The van der Waals surface area contributed by atoms with Crippen LogP contribution in [0.15, 0.2) is 24.3 Å². The summed E-state index contributed by atoms with van der Waals surface area (Å²) in [6, 6.07) is 6.47. The summed E-state index contributed by atoms with van der Waals surface area (Å²) >= 11 is 1.42. The molecule has 4 rings (SSSR count). The quantitative estimate of drug-likeness (QED) is 0.753. The van der Waals surface area contributed by atoms with E-state index >= 15 is 0 Å². The molecule has 0 unspecified atom stereocenters. The first kappa shape index (κ1) is 17.4. The van der Waals surface area contributed by atoms with Crippen LogP contribution in [0.1, 0.15) is 42.6 Å². The van der Waals surface area contributed by atoms with Gasteiger partial charge in [0.15, 0.2) is 0 Å². The second kappa shape index (κ2) is 6.63. The highest BCUT2D eigenvalue weighted by molar-refractivity contribution is 7.17. The average molecular weight is 374 g/mol. The van der Waals surface area contributed by atoms with Crippen molar-refractivity contribution in [3.8, 4) is 5.88 Å². The van der Waals surface area contributed by atoms with Gasteiger partial charge in [0, 0.05) is 13.1 Å². The van der Waals surface area contributed by atoms with Crippen LogP contribution in [0.5, 0.6) is 5.88 Å². The minimum absolute atomic E-state index is 0.103. The first-order chi connectivity index (χ1) is 12.4. The van der Waals surface area contributed by atoms with Crippen molar-refractivity contribution in [2.75, 3.05) is 13.1 Å². The number of rotatable bonds is 3. The van der Waals surface area contributed by atoms with Crippen LogP contribution in [0.25, 0.3) is 4.96 Å². The Morgan fingerprint density at radius 2 is 2.00 bits per heavy atom. The molecule has 1 aliphatic heterocycles. The van der Waals surface area contributed by atoms with E-state index in [-0.39, 0.29) is 17.7 Å². The second-order valence-electron chi connectivity index (χ2n) is 7.50. The highest BCUT2D eigenvalue weighted by Gasteiger charge is 2.33. The lowest BCUT2D eigenvalue weighted by Gasteiger charge is -2.40. The molecule has 1 aromatic carbocycles. The van der Waals surface area contributed by atoms with Gasteiger partial charge >= 0.3 is 0 Å². The van der Waals surface area contributed by atoms with Gasteiger partial charge < -0.3 is 5.11 Å². The zero-order valence-electron chi connectivity index (χ0n) is 15.2. The number of hydrogen-bond acceptors (Lipinski definition) is 5. The Morgan fingerprint density at radius 1 is 1.27 bits per heavy atom. The first-order valence-electron chi connectivity index (χ1n) is 8.97. The molecule has 0 radical (unpaired) electrons. The molecule has 0 saturated carbocycles. The number of halogens is 1. The Kier molecular flexibility index (Phi) is 4.44. The normalized spacial score (nSPS) is 22.8. The molecule has 3 heterocycles. The molecule has 1 fully saturated rings. The molecule has 26 heavy (non-hydrogen) atoms. The van der Waals surface area contributed by atoms with Crippen molar-refractivity contribution in [2.24, 2.45) is 11.8 Å². The molecule has 0 aliphatic carbocycles. The van der Waals surface area contributed by atoms with Gasteiger partial charge in [-0.3, -0.25) is 4.90 Å². The minimum Gasteiger partial charge on any atom is -0.492 e. The van der Waals surface area contributed by atoms with Gasteiger partial charge in [-0.1, -0.05) is 37.3 Å². The van der Waals surface area contributed by atoms with Crippen LogP contribution in [0.2, 0.25) is 0 Å². The molecule has 1 aliphatic rings. The maximum atomic E-state index is 14.0. The van der Waals surface area contributed by atoms with Gasteiger partial charge in [0.1, 0.15) is 11.6 Å². The zero-order chi connectivity index (χ0) is 18.4. The first-order valence-corrected chi connectivity index (χ1v) is 9.78. The number of piperidine rings is 1. The molecule has 1 N–H and O–H groups in total. The SMILES string of the molecule is Cc1nc2sc([C@@H](c3cccc(F)c3)N3C[C@@H](C)C[C@H](C)C3)c(O)n2n1. The number of fused-ring (bicyclic) bond motifs is 1. The van der Waals surface area contributed by atoms with Gasteiger partial charge in [0.05, 0.1) is 10.9 Å². The van der Waals surface area contributed by atoms with E-state index in [1.165, 1.54) is 28.3 Å². The Balaban J connectivity index is 1.84. The predicted molar refractivity (Wildman–Crippen MR) is 100 cm³/mol. The van der Waals surface area contributed by atoms with Gasteiger partial charge in [-0.25, -0.2) is 9.37 Å². The molecule has 0 bridgehead atoms. The summed E-state index contributed by atoms with van der Waals surface area (Å²) in [5.41, 5.74) is 0.850. The molecule has 3 atom stereocenters. The van der Waals surface area contributed by atoms with Crippen LogP contribution in [-0.4, -0.2) is 37.7 Å². The number of nitrogens with zero attached hydrogens (tertiary/aromatic N) is 4. The van der Waals surface area contributed by atoms with E-state index in [1.807, 2.05) is 6.07 Å². The number of thiazole rings is 1. The summed E-state index contributed by atoms with van der Waals surface area (Å²) in [4.78, 5) is 8.17. The number of hydrogen-bond donors (Lipinski definition) is 1. The number of benzene rings is 1. The molecule has 2 aromatic heterocycles. The van der Waals surface area contributed by atoms with Crippen molar-refractivity contribution in [1.82, 2.24) is 19.5 Å². The van der Waals surface area contributed by atoms with E-state index in [0.29, 0.717) is 22.6 Å². The average Bonchev–Trinajstić information content (AvgIpc) is 3.05. The smallest absolute Gasteiger partial charge is 0.230 e. The Morgan fingerprint density at radius 3 is 2.65 bits per heavy atom. The van der Waals surface area contributed by atoms with Crippen molar-refractivity contribution in [2.45, 2.75) is 33.2 Å². The predicted octanol–water partition coefficient (Wildman–Crippen LogP) is 4.01. The molecule has 138 valence electrons. The molecular weight excluding hydrogens is 351 g/mol. The van der Waals surface area contributed by atoms with Crippen LogP contribution in [0.4, 0.5) is 4.39 Å². The number of likely N-dealkylation sites (tertiary alicyclic amines) is 1. The van der Waals surface area contributed by atoms with Crippen molar-refractivity contribution in [1.29, 1.82) is 0 Å². The lowest BCUT2D eigenvalue weighted by molar-refractivity contribution is 0.111. The Bertz CT molecular complexity index is 927. The van der Waals surface area contributed by atoms with Crippen LogP contribution in [0.3, 0.4) is 0 Å². The van der Waals surface area contributed by atoms with Crippen LogP contribution < -0.4 is 0 Å². The number of aryl methyl sites for hydroxylation is 1. The molecule has 3 aromatic rings. The summed E-state index contributed by atoms with van der Waals surface area (Å²) in [6.45, 7) is 8.13. The molecule has 7 heteroatoms. The molecule has 0 amide bonds. The van der Waals surface area contributed by atoms with E-state index in [0.717, 1.165) is 23.5 Å². The van der Waals surface area contributed by atoms with E-state index in [4.69, 9.17) is 0 Å². The highest BCUT2D eigenvalue weighted by Crippen LogP contribution is 2.42. The minimum atomic E-state index is -0.264. The van der Waals surface area contributed by atoms with Crippen molar-refractivity contribution in [3.05, 3.63) is 46.3 Å². The summed E-state index contributed by atoms with van der Waals surface area (Å²) in [6.07, 6.45) is 1.19. The van der Waals surface area contributed by atoms with Gasteiger partial charge in [0.25, 0.3) is 0 Å². The summed E-state index contributed by atoms with van der Waals surface area (Å²) in [7, 11) is 0. The van der Waals surface area contributed by atoms with Gasteiger partial charge in [-0.2, -0.15) is 4.52 Å². The second-order valence-corrected chi connectivity index (χ2v) is 8.51. The van der Waals surface area contributed by atoms with Gasteiger partial charge in [-0.15, -0.1) is 5.10 Å². The van der Waals surface area contributed by atoms with Gasteiger partial charge in [0.2, 0.25) is 10.8 Å². The highest BCUT2D eigenvalue weighted by atomic mass is 32.1. The van der Waals surface area contributed by atoms with Crippen molar-refractivity contribution >= 4 is 16.3 Å². The maximum absolute atomic E-state index is 14.0. The zero-order valence-corrected chi connectivity index (χ0v) is 16.0. The fourth-order valence-corrected chi connectivity index (χ4v) is 5.32. The lowest BCUT2D eigenvalue weighted by Crippen LogP contribution is -2.41. The molecule has 5 nitrogen and oxygen atoms in total. The summed E-state index contributed by atoms with van der Waals surface area (Å²) < 4.78 is 15.4. The van der Waals surface area contributed by atoms with E-state index in [1.54, 1.807) is 19.1 Å². The van der Waals surface area contributed by atoms with Crippen LogP contribution in [-0.2, 0) is 0 Å². The van der Waals surface area contributed by atoms with E-state index in [9.17, 15) is 9.50 Å². The Hall–Kier alpha value is -1.99. The molecular formula is C19H23FN4OS. The van der Waals surface area contributed by atoms with Gasteiger partial charge in [-0.05, 0) is 42.9 Å². The third kappa shape index (κ3) is 3.10. The monoisotopic (exact) mass is 374 g/mol. The van der Waals surface area contributed by atoms with E-state index < -0.39 is 0 Å². The Labute approximate surface area is 156 Å². The molecule has 0 spiro atoms.